The molecule has 1 heterocycles. The molecule has 0 radical (unpaired) electrons. The van der Waals surface area contributed by atoms with Gasteiger partial charge >= 0.3 is 0 Å². The van der Waals surface area contributed by atoms with Crippen LogP contribution in [-0.4, -0.2) is 17.6 Å². The van der Waals surface area contributed by atoms with E-state index in [1.54, 1.807) is 6.92 Å². The van der Waals surface area contributed by atoms with E-state index in [0.717, 1.165) is 0 Å². The molecule has 0 fully saturated rings. The maximum absolute atomic E-state index is 11.7. The first-order chi connectivity index (χ1) is 8.73. The highest BCUT2D eigenvalue weighted by Crippen LogP contribution is 2.27. The van der Waals surface area contributed by atoms with Crippen LogP contribution in [0.1, 0.15) is 53.7 Å². The number of carbonyl (C=O) groups excluding carboxylic acids is 3. The van der Waals surface area contributed by atoms with Crippen LogP contribution in [0.3, 0.4) is 0 Å². The van der Waals surface area contributed by atoms with Gasteiger partial charge in [-0.15, -0.1) is 0 Å². The van der Waals surface area contributed by atoms with Crippen molar-refractivity contribution in [3.63, 3.8) is 0 Å². The van der Waals surface area contributed by atoms with Crippen LogP contribution in [0.2, 0.25) is 0 Å². The van der Waals surface area contributed by atoms with Crippen molar-refractivity contribution in [2.75, 3.05) is 5.32 Å². The number of furan rings is 1. The quantitative estimate of drug-likeness (QED) is 0.794. The molecule has 6 nitrogen and oxygen atoms in total. The summed E-state index contributed by atoms with van der Waals surface area (Å²) >= 11 is 0. The Morgan fingerprint density at radius 2 is 1.84 bits per heavy atom. The molecule has 6 heteroatoms. The average Bonchev–Trinajstić information content (AvgIpc) is 2.53. The minimum atomic E-state index is -0.804. The molecular formula is C13H18N2O4. The van der Waals surface area contributed by atoms with Gasteiger partial charge in [-0.05, 0) is 19.8 Å². The van der Waals surface area contributed by atoms with Crippen molar-refractivity contribution in [2.45, 2.75) is 34.1 Å². The number of nitrogens with two attached hydrogens (primary N) is 1. The standard InChI is InChI=1S/C13H18N2O4/c1-6(2)5-9(17)15-13-11(12(14)18)10(7(3)16)8(4)19-13/h6H,5H2,1-4H3,(H2,14,18)(H,15,17). The van der Waals surface area contributed by atoms with Gasteiger partial charge in [0.25, 0.3) is 5.91 Å². The van der Waals surface area contributed by atoms with Gasteiger partial charge < -0.3 is 10.2 Å². The van der Waals surface area contributed by atoms with E-state index in [2.05, 4.69) is 5.32 Å². The molecule has 0 aliphatic rings. The number of hydrogen-bond acceptors (Lipinski definition) is 4. The smallest absolute Gasteiger partial charge is 0.255 e. The van der Waals surface area contributed by atoms with Crippen LogP contribution in [0.15, 0.2) is 4.42 Å². The number of ketones is 1. The van der Waals surface area contributed by atoms with E-state index in [-0.39, 0.29) is 46.8 Å². The maximum Gasteiger partial charge on any atom is 0.255 e. The molecule has 0 aromatic carbocycles. The van der Waals surface area contributed by atoms with Crippen LogP contribution in [0.4, 0.5) is 5.88 Å². The first kappa shape index (κ1) is 14.9. The summed E-state index contributed by atoms with van der Waals surface area (Å²) in [5.74, 6) is -1.05. The summed E-state index contributed by atoms with van der Waals surface area (Å²) in [5, 5.41) is 2.48. The molecule has 0 aliphatic carbocycles. The van der Waals surface area contributed by atoms with E-state index >= 15 is 0 Å². The van der Waals surface area contributed by atoms with E-state index in [1.165, 1.54) is 6.92 Å². The van der Waals surface area contributed by atoms with Gasteiger partial charge in [-0.3, -0.25) is 19.7 Å². The summed E-state index contributed by atoms with van der Waals surface area (Å²) in [7, 11) is 0. The lowest BCUT2D eigenvalue weighted by Crippen LogP contribution is -2.19. The van der Waals surface area contributed by atoms with Crippen LogP contribution in [-0.2, 0) is 4.79 Å². The number of hydrogen-bond donors (Lipinski definition) is 2. The Balaban J connectivity index is 3.15. The molecule has 3 N–H and O–H groups in total. The predicted octanol–water partition coefficient (Wildman–Crippen LogP) is 1.87. The molecule has 0 saturated heterocycles. The fourth-order valence-electron chi connectivity index (χ4n) is 1.84. The number of aryl methyl sites for hydroxylation is 1. The summed E-state index contributed by atoms with van der Waals surface area (Å²) in [6.07, 6.45) is 0.285. The van der Waals surface area contributed by atoms with Gasteiger partial charge in [-0.2, -0.15) is 0 Å². The normalized spacial score (nSPS) is 10.6. The highest BCUT2D eigenvalue weighted by molar-refractivity contribution is 6.11. The third-order valence-electron chi connectivity index (χ3n) is 2.53. The minimum Gasteiger partial charge on any atom is -0.444 e. The van der Waals surface area contributed by atoms with Gasteiger partial charge in [0.15, 0.2) is 5.78 Å². The van der Waals surface area contributed by atoms with Gasteiger partial charge in [0.2, 0.25) is 11.8 Å². The van der Waals surface area contributed by atoms with E-state index in [1.807, 2.05) is 13.8 Å². The van der Waals surface area contributed by atoms with Crippen molar-refractivity contribution in [3.8, 4) is 0 Å². The molecule has 1 aromatic heterocycles. The third-order valence-corrected chi connectivity index (χ3v) is 2.53. The van der Waals surface area contributed by atoms with Crippen LogP contribution in [0.25, 0.3) is 0 Å². The summed E-state index contributed by atoms with van der Waals surface area (Å²) in [4.78, 5) is 34.6. The lowest BCUT2D eigenvalue weighted by atomic mass is 10.1. The van der Waals surface area contributed by atoms with Crippen LogP contribution in [0.5, 0.6) is 0 Å². The van der Waals surface area contributed by atoms with E-state index in [9.17, 15) is 14.4 Å². The van der Waals surface area contributed by atoms with Crippen LogP contribution in [0, 0.1) is 12.8 Å². The topological polar surface area (TPSA) is 102 Å². The monoisotopic (exact) mass is 266 g/mol. The van der Waals surface area contributed by atoms with Crippen LogP contribution >= 0.6 is 0 Å². The number of carbonyl (C=O) groups is 3. The first-order valence-electron chi connectivity index (χ1n) is 5.98. The molecule has 0 unspecified atom stereocenters. The molecule has 19 heavy (non-hydrogen) atoms. The van der Waals surface area contributed by atoms with Crippen molar-refractivity contribution in [1.82, 2.24) is 0 Å². The van der Waals surface area contributed by atoms with Crippen molar-refractivity contribution in [3.05, 3.63) is 16.9 Å². The highest BCUT2D eigenvalue weighted by atomic mass is 16.4. The second kappa shape index (κ2) is 5.69. The maximum atomic E-state index is 11.7. The molecule has 2 amide bonds. The molecule has 104 valence electrons. The van der Waals surface area contributed by atoms with Gasteiger partial charge in [-0.25, -0.2) is 0 Å². The Morgan fingerprint density at radius 1 is 1.26 bits per heavy atom. The Kier molecular flexibility index (Phi) is 4.47. The second-order valence-corrected chi connectivity index (χ2v) is 4.80. The fourth-order valence-corrected chi connectivity index (χ4v) is 1.84. The SMILES string of the molecule is CC(=O)c1c(C)oc(NC(=O)CC(C)C)c1C(N)=O. The molecule has 0 aliphatic heterocycles. The number of nitrogens with one attached hydrogen (secondary N) is 1. The Hall–Kier alpha value is -2.11. The van der Waals surface area contributed by atoms with Crippen molar-refractivity contribution in [1.29, 1.82) is 0 Å². The fraction of sp³-hybridized carbons (Fsp3) is 0.462. The van der Waals surface area contributed by atoms with Crippen molar-refractivity contribution >= 4 is 23.5 Å². The summed E-state index contributed by atoms with van der Waals surface area (Å²) in [6, 6.07) is 0. The number of Topliss-reactive ketones (excluding diaryl/α,β-unsaturated/α-hetero) is 1. The Bertz CT molecular complexity index is 529. The van der Waals surface area contributed by atoms with Gasteiger partial charge in [0, 0.05) is 6.42 Å². The zero-order chi connectivity index (χ0) is 14.7. The van der Waals surface area contributed by atoms with Crippen LogP contribution < -0.4 is 11.1 Å². The average molecular weight is 266 g/mol. The van der Waals surface area contributed by atoms with Gasteiger partial charge in [-0.1, -0.05) is 13.8 Å². The third kappa shape index (κ3) is 3.43. The van der Waals surface area contributed by atoms with E-state index < -0.39 is 5.91 Å². The molecule has 1 rings (SSSR count). The predicted molar refractivity (Wildman–Crippen MR) is 70.1 cm³/mol. The molecule has 0 bridgehead atoms. The minimum absolute atomic E-state index is 0.0548. The molecule has 0 atom stereocenters. The number of anilines is 1. The van der Waals surface area contributed by atoms with E-state index in [4.69, 9.17) is 10.2 Å². The number of rotatable bonds is 5. The summed E-state index contributed by atoms with van der Waals surface area (Å²) in [6.45, 7) is 6.64. The Morgan fingerprint density at radius 3 is 2.26 bits per heavy atom. The lowest BCUT2D eigenvalue weighted by molar-refractivity contribution is -0.116. The summed E-state index contributed by atoms with van der Waals surface area (Å²) < 4.78 is 5.27. The second-order valence-electron chi connectivity index (χ2n) is 4.80. The Labute approximate surface area is 111 Å². The zero-order valence-electron chi connectivity index (χ0n) is 11.5. The molecular weight excluding hydrogens is 248 g/mol. The zero-order valence-corrected chi connectivity index (χ0v) is 11.5. The van der Waals surface area contributed by atoms with Gasteiger partial charge in [0.1, 0.15) is 11.3 Å². The molecule has 1 aromatic rings. The summed E-state index contributed by atoms with van der Waals surface area (Å²) in [5.41, 5.74) is 5.29. The lowest BCUT2D eigenvalue weighted by Gasteiger charge is -2.05. The van der Waals surface area contributed by atoms with Crippen molar-refractivity contribution < 1.29 is 18.8 Å². The molecule has 0 saturated carbocycles. The van der Waals surface area contributed by atoms with E-state index in [0.29, 0.717) is 0 Å². The first-order valence-corrected chi connectivity index (χ1v) is 5.98. The number of primary amides is 1. The van der Waals surface area contributed by atoms with Gasteiger partial charge in [0.05, 0.1) is 5.56 Å². The van der Waals surface area contributed by atoms with Crippen molar-refractivity contribution in [2.24, 2.45) is 11.7 Å². The highest BCUT2D eigenvalue weighted by Gasteiger charge is 2.26. The molecule has 0 spiro atoms. The largest absolute Gasteiger partial charge is 0.444 e. The number of amides is 2.